The molecule has 2 heterocycles. The van der Waals surface area contributed by atoms with Gasteiger partial charge < -0.3 is 26.4 Å². The molecule has 1 aromatic heterocycles. The molecule has 4 rings (SSSR count). The van der Waals surface area contributed by atoms with Crippen LogP contribution < -0.4 is 16.4 Å². The van der Waals surface area contributed by atoms with Gasteiger partial charge in [0.15, 0.2) is 0 Å². The molecule has 44 heavy (non-hydrogen) atoms. The Kier molecular flexibility index (Phi) is 11.3. The number of hydrogen-bond acceptors (Lipinski definition) is 7. The van der Waals surface area contributed by atoms with Crippen molar-refractivity contribution >= 4 is 29.1 Å². The molecule has 1 aliphatic heterocycles. The number of carbonyl (C=O) groups is 3. The second kappa shape index (κ2) is 14.9. The summed E-state index contributed by atoms with van der Waals surface area (Å²) in [5.74, 6) is -0.878. The van der Waals surface area contributed by atoms with E-state index in [2.05, 4.69) is 27.8 Å². The lowest BCUT2D eigenvalue weighted by molar-refractivity contribution is -0.144. The summed E-state index contributed by atoms with van der Waals surface area (Å²) in [5, 5.41) is 16.3. The number of benzene rings is 2. The molecule has 5 N–H and O–H groups in total. The molecule has 0 bridgehead atoms. The van der Waals surface area contributed by atoms with Gasteiger partial charge in [0, 0.05) is 32.5 Å². The number of aliphatic hydroxyl groups excluding tert-OH is 1. The number of thiazole rings is 1. The minimum absolute atomic E-state index is 0.0468. The van der Waals surface area contributed by atoms with Gasteiger partial charge in [-0.2, -0.15) is 0 Å². The van der Waals surface area contributed by atoms with E-state index in [1.807, 2.05) is 69.6 Å². The minimum Gasteiger partial charge on any atom is -0.391 e. The zero-order valence-corrected chi connectivity index (χ0v) is 27.0. The summed E-state index contributed by atoms with van der Waals surface area (Å²) in [6.45, 7) is 8.50. The summed E-state index contributed by atoms with van der Waals surface area (Å²) in [4.78, 5) is 46.9. The van der Waals surface area contributed by atoms with Crippen molar-refractivity contribution in [2.24, 2.45) is 11.1 Å². The number of unbranched alkanes of at least 4 members (excludes halogenated alkanes) is 1. The van der Waals surface area contributed by atoms with Gasteiger partial charge in [0.25, 0.3) is 0 Å². The van der Waals surface area contributed by atoms with Crippen LogP contribution in [0.15, 0.2) is 54.0 Å². The van der Waals surface area contributed by atoms with Gasteiger partial charge >= 0.3 is 0 Å². The number of β-amino-alcohol motifs (C(OH)–C–C–N with tert-alkyl or cyclic N) is 1. The molecular weight excluding hydrogens is 574 g/mol. The fraction of sp³-hybridized carbons (Fsp3) is 0.471. The lowest BCUT2D eigenvalue weighted by Crippen LogP contribution is -2.57. The van der Waals surface area contributed by atoms with Crippen molar-refractivity contribution in [3.63, 3.8) is 0 Å². The molecule has 1 fully saturated rings. The Bertz CT molecular complexity index is 1410. The van der Waals surface area contributed by atoms with Gasteiger partial charge in [0.1, 0.15) is 12.1 Å². The van der Waals surface area contributed by atoms with Crippen molar-refractivity contribution in [1.82, 2.24) is 20.5 Å². The lowest BCUT2D eigenvalue weighted by atomic mass is 9.85. The summed E-state index contributed by atoms with van der Waals surface area (Å²) in [6.07, 6.45) is 2.03. The number of nitrogens with two attached hydrogens (primary N) is 1. The largest absolute Gasteiger partial charge is 0.391 e. The predicted molar refractivity (Wildman–Crippen MR) is 174 cm³/mol. The normalized spacial score (nSPS) is 17.4. The first-order valence-corrected chi connectivity index (χ1v) is 16.2. The summed E-state index contributed by atoms with van der Waals surface area (Å²) < 4.78 is 0. The third-order valence-electron chi connectivity index (χ3n) is 8.09. The van der Waals surface area contributed by atoms with E-state index < -0.39 is 23.6 Å². The number of aliphatic hydroxyl groups is 1. The van der Waals surface area contributed by atoms with Gasteiger partial charge in [-0.15, -0.1) is 11.3 Å². The predicted octanol–water partition coefficient (Wildman–Crippen LogP) is 4.10. The third kappa shape index (κ3) is 8.74. The van der Waals surface area contributed by atoms with Gasteiger partial charge in [-0.1, -0.05) is 69.3 Å². The number of nitrogens with one attached hydrogen (secondary N) is 2. The highest BCUT2D eigenvalue weighted by atomic mass is 32.1. The quantitative estimate of drug-likeness (QED) is 0.225. The standard InChI is InChI=1S/C34H45N5O4S/c1-22-30(44-21-37-22)26-15-13-25(14-16-26)19-36-32(42)28-17-27(40)20-39(28)33(43)31(34(2,3)4)38-29(41)8-6-5-7-23-9-11-24(18-35)12-10-23/h9-16,21,27-28,31,40H,5-8,17-20,35H2,1-4H3,(H,36,42)(H,38,41)/t27-,28+,31-/m1/s1. The molecule has 2 aromatic carbocycles. The zero-order valence-electron chi connectivity index (χ0n) is 26.1. The SMILES string of the molecule is Cc1ncsc1-c1ccc(CNC(=O)[C@@H]2C[C@@H](O)CN2C(=O)[C@@H](NC(=O)CCCCc2ccc(CN)cc2)C(C)(C)C)cc1. The lowest BCUT2D eigenvalue weighted by Gasteiger charge is -2.35. The number of hydrogen-bond donors (Lipinski definition) is 4. The molecule has 9 nitrogen and oxygen atoms in total. The number of amides is 3. The maximum atomic E-state index is 13.8. The maximum Gasteiger partial charge on any atom is 0.246 e. The Morgan fingerprint density at radius 1 is 1.05 bits per heavy atom. The van der Waals surface area contributed by atoms with Crippen LogP contribution in [0.4, 0.5) is 0 Å². The van der Waals surface area contributed by atoms with Crippen LogP contribution in [-0.2, 0) is 33.9 Å². The Morgan fingerprint density at radius 2 is 1.70 bits per heavy atom. The number of rotatable bonds is 12. The molecule has 236 valence electrons. The number of aryl methyl sites for hydroxylation is 2. The fourth-order valence-corrected chi connectivity index (χ4v) is 6.28. The van der Waals surface area contributed by atoms with Crippen LogP contribution >= 0.6 is 11.3 Å². The van der Waals surface area contributed by atoms with Crippen molar-refractivity contribution in [2.75, 3.05) is 6.54 Å². The molecule has 0 saturated carbocycles. The average Bonchev–Trinajstić information content (AvgIpc) is 3.61. The second-order valence-electron chi connectivity index (χ2n) is 12.7. The number of likely N-dealkylation sites (tertiary alicyclic amines) is 1. The summed E-state index contributed by atoms with van der Waals surface area (Å²) in [6, 6.07) is 14.5. The van der Waals surface area contributed by atoms with Gasteiger partial charge in [-0.05, 0) is 53.9 Å². The van der Waals surface area contributed by atoms with Gasteiger partial charge in [0.2, 0.25) is 17.7 Å². The molecule has 3 amide bonds. The van der Waals surface area contributed by atoms with Crippen molar-refractivity contribution in [1.29, 1.82) is 0 Å². The second-order valence-corrected chi connectivity index (χ2v) is 13.5. The minimum atomic E-state index is -0.831. The molecular formula is C34H45N5O4S. The van der Waals surface area contributed by atoms with Crippen LogP contribution in [0.3, 0.4) is 0 Å². The summed E-state index contributed by atoms with van der Waals surface area (Å²) in [5.41, 5.74) is 12.2. The van der Waals surface area contributed by atoms with Crippen LogP contribution in [0.2, 0.25) is 0 Å². The molecule has 1 aliphatic rings. The Hall–Kier alpha value is -3.60. The highest BCUT2D eigenvalue weighted by Gasteiger charge is 2.44. The topological polar surface area (TPSA) is 138 Å². The third-order valence-corrected chi connectivity index (χ3v) is 9.07. The highest BCUT2D eigenvalue weighted by molar-refractivity contribution is 7.13. The molecule has 1 saturated heterocycles. The first-order valence-electron chi connectivity index (χ1n) is 15.3. The Labute approximate surface area is 264 Å². The number of nitrogens with zero attached hydrogens (tertiary/aromatic N) is 2. The smallest absolute Gasteiger partial charge is 0.246 e. The van der Waals surface area contributed by atoms with Crippen LogP contribution in [-0.4, -0.2) is 57.4 Å². The monoisotopic (exact) mass is 619 g/mol. The first kappa shape index (κ1) is 33.3. The molecule has 0 aliphatic carbocycles. The zero-order chi connectivity index (χ0) is 31.9. The van der Waals surface area contributed by atoms with Crippen molar-refractivity contribution in [2.45, 2.75) is 91.1 Å². The van der Waals surface area contributed by atoms with E-state index in [4.69, 9.17) is 5.73 Å². The van der Waals surface area contributed by atoms with Crippen LogP contribution in [0.1, 0.15) is 68.8 Å². The van der Waals surface area contributed by atoms with Crippen LogP contribution in [0.5, 0.6) is 0 Å². The van der Waals surface area contributed by atoms with Gasteiger partial charge in [-0.25, -0.2) is 4.98 Å². The molecule has 10 heteroatoms. The molecule has 0 spiro atoms. The van der Waals surface area contributed by atoms with E-state index in [1.54, 1.807) is 11.3 Å². The number of carbonyl (C=O) groups excluding carboxylic acids is 3. The Morgan fingerprint density at radius 3 is 2.32 bits per heavy atom. The maximum absolute atomic E-state index is 13.8. The van der Waals surface area contributed by atoms with E-state index in [9.17, 15) is 19.5 Å². The van der Waals surface area contributed by atoms with Crippen molar-refractivity contribution in [3.05, 3.63) is 76.4 Å². The Balaban J connectivity index is 1.31. The van der Waals surface area contributed by atoms with Gasteiger partial charge in [0.05, 0.1) is 22.2 Å². The molecule has 0 unspecified atom stereocenters. The van der Waals surface area contributed by atoms with E-state index in [0.29, 0.717) is 25.9 Å². The van der Waals surface area contributed by atoms with Crippen LogP contribution in [0.25, 0.3) is 10.4 Å². The van der Waals surface area contributed by atoms with Gasteiger partial charge in [-0.3, -0.25) is 14.4 Å². The summed E-state index contributed by atoms with van der Waals surface area (Å²) >= 11 is 1.59. The van der Waals surface area contributed by atoms with E-state index in [0.717, 1.165) is 40.1 Å². The highest BCUT2D eigenvalue weighted by Crippen LogP contribution is 2.28. The average molecular weight is 620 g/mol. The van der Waals surface area contributed by atoms with Crippen LogP contribution in [0, 0.1) is 12.3 Å². The van der Waals surface area contributed by atoms with E-state index >= 15 is 0 Å². The molecule has 0 radical (unpaired) electrons. The first-order chi connectivity index (χ1) is 21.0. The van der Waals surface area contributed by atoms with E-state index in [1.165, 1.54) is 10.5 Å². The van der Waals surface area contributed by atoms with Crippen molar-refractivity contribution in [3.8, 4) is 10.4 Å². The molecule has 3 atom stereocenters. The van der Waals surface area contributed by atoms with Crippen molar-refractivity contribution < 1.29 is 19.5 Å². The summed E-state index contributed by atoms with van der Waals surface area (Å²) in [7, 11) is 0. The van der Waals surface area contributed by atoms with E-state index in [-0.39, 0.29) is 30.7 Å². The fourth-order valence-electron chi connectivity index (χ4n) is 5.47. The number of aromatic nitrogens is 1. The molecule has 3 aromatic rings.